The van der Waals surface area contributed by atoms with Crippen molar-refractivity contribution >= 4 is 0 Å². The van der Waals surface area contributed by atoms with Gasteiger partial charge in [0.15, 0.2) is 0 Å². The highest BCUT2D eigenvalue weighted by molar-refractivity contribution is 5.81. The predicted octanol–water partition coefficient (Wildman–Crippen LogP) is 7.86. The Morgan fingerprint density at radius 3 is 2.31 bits per heavy atom. The van der Waals surface area contributed by atoms with Gasteiger partial charge in [0.1, 0.15) is 17.5 Å². The normalized spacial score (nSPS) is 12.1. The molecule has 3 aromatic carbocycles. The van der Waals surface area contributed by atoms with Gasteiger partial charge < -0.3 is 0 Å². The van der Waals surface area contributed by atoms with Crippen molar-refractivity contribution in [2.75, 3.05) is 0 Å². The molecule has 0 fully saturated rings. The summed E-state index contributed by atoms with van der Waals surface area (Å²) in [5, 5.41) is 0. The van der Waals surface area contributed by atoms with Gasteiger partial charge in [0.05, 0.1) is 5.56 Å². The molecule has 0 spiro atoms. The first kappa shape index (κ1) is 19.8. The van der Waals surface area contributed by atoms with Crippen molar-refractivity contribution in [2.45, 2.75) is 51.9 Å². The summed E-state index contributed by atoms with van der Waals surface area (Å²) in [6.45, 7) is 2.21. The van der Waals surface area contributed by atoms with E-state index in [9.17, 15) is 8.78 Å². The molecule has 0 amide bonds. The van der Waals surface area contributed by atoms with Gasteiger partial charge in [0.2, 0.25) is 0 Å². The highest BCUT2D eigenvalue weighted by Crippen LogP contribution is 2.42. The lowest BCUT2D eigenvalue weighted by Crippen LogP contribution is -1.97. The van der Waals surface area contributed by atoms with E-state index < -0.39 is 17.5 Å². The Morgan fingerprint density at radius 1 is 0.793 bits per heavy atom. The number of hydrogen-bond donors (Lipinski definition) is 0. The van der Waals surface area contributed by atoms with Gasteiger partial charge in [-0.1, -0.05) is 62.9 Å². The van der Waals surface area contributed by atoms with E-state index in [2.05, 4.69) is 19.1 Å². The Hall–Kier alpha value is -2.55. The van der Waals surface area contributed by atoms with Gasteiger partial charge in [-0.2, -0.15) is 0 Å². The second kappa shape index (κ2) is 8.44. The third-order valence-corrected chi connectivity index (χ3v) is 5.85. The molecule has 3 heteroatoms. The molecule has 0 atom stereocenters. The topological polar surface area (TPSA) is 0 Å². The zero-order valence-electron chi connectivity index (χ0n) is 16.7. The first-order valence-electron chi connectivity index (χ1n) is 10.5. The zero-order valence-corrected chi connectivity index (χ0v) is 16.7. The number of halogens is 3. The summed E-state index contributed by atoms with van der Waals surface area (Å²) in [5.41, 5.74) is 4.67. The maximum Gasteiger partial charge on any atom is 0.138 e. The van der Waals surface area contributed by atoms with E-state index in [1.54, 1.807) is 0 Å². The largest absolute Gasteiger partial charge is 0.207 e. The predicted molar refractivity (Wildman–Crippen MR) is 112 cm³/mol. The van der Waals surface area contributed by atoms with Crippen LogP contribution in [0.1, 0.15) is 55.7 Å². The van der Waals surface area contributed by atoms with Gasteiger partial charge in [-0.05, 0) is 58.9 Å². The van der Waals surface area contributed by atoms with Crippen molar-refractivity contribution in [3.05, 3.63) is 82.7 Å². The van der Waals surface area contributed by atoms with E-state index >= 15 is 4.39 Å². The quantitative estimate of drug-likeness (QED) is 0.280. The second-order valence-electron chi connectivity index (χ2n) is 7.91. The van der Waals surface area contributed by atoms with Crippen molar-refractivity contribution in [3.63, 3.8) is 0 Å². The molecule has 0 radical (unpaired) electrons. The van der Waals surface area contributed by atoms with Crippen molar-refractivity contribution in [2.24, 2.45) is 0 Å². The summed E-state index contributed by atoms with van der Waals surface area (Å²) in [6, 6.07) is 12.9. The maximum absolute atomic E-state index is 15.3. The molecule has 3 aromatic rings. The van der Waals surface area contributed by atoms with Crippen molar-refractivity contribution in [1.82, 2.24) is 0 Å². The molecule has 0 aliphatic heterocycles. The first-order valence-corrected chi connectivity index (χ1v) is 10.5. The summed E-state index contributed by atoms with van der Waals surface area (Å²) in [6.07, 6.45) is 7.65. The van der Waals surface area contributed by atoms with Gasteiger partial charge in [-0.25, -0.2) is 13.2 Å². The number of benzene rings is 3. The number of unbranched alkanes of at least 4 members (excludes halogenated alkanes) is 4. The Morgan fingerprint density at radius 2 is 1.55 bits per heavy atom. The van der Waals surface area contributed by atoms with Crippen LogP contribution in [-0.4, -0.2) is 0 Å². The molecule has 0 nitrogen and oxygen atoms in total. The lowest BCUT2D eigenvalue weighted by atomic mass is 9.97. The Balaban J connectivity index is 1.60. The van der Waals surface area contributed by atoms with Gasteiger partial charge in [-0.3, -0.25) is 0 Å². The van der Waals surface area contributed by atoms with E-state index in [-0.39, 0.29) is 5.56 Å². The number of fused-ring (bicyclic) bond motifs is 3. The molecule has 0 heterocycles. The lowest BCUT2D eigenvalue weighted by Gasteiger charge is -2.10. The van der Waals surface area contributed by atoms with Crippen LogP contribution in [-0.2, 0) is 12.8 Å². The van der Waals surface area contributed by atoms with Crippen LogP contribution in [0, 0.1) is 17.5 Å². The molecule has 1 aliphatic rings. The molecule has 29 heavy (non-hydrogen) atoms. The Labute approximate surface area is 170 Å². The van der Waals surface area contributed by atoms with E-state index in [1.807, 2.05) is 6.07 Å². The monoisotopic (exact) mass is 394 g/mol. The van der Waals surface area contributed by atoms with Crippen LogP contribution in [0.5, 0.6) is 0 Å². The fourth-order valence-corrected chi connectivity index (χ4v) is 4.29. The van der Waals surface area contributed by atoms with Crippen LogP contribution in [0.4, 0.5) is 13.2 Å². The molecule has 0 saturated heterocycles. The average molecular weight is 394 g/mol. The summed E-state index contributed by atoms with van der Waals surface area (Å²) in [5.74, 6) is -1.57. The lowest BCUT2D eigenvalue weighted by molar-refractivity contribution is 0.583. The van der Waals surface area contributed by atoms with E-state index in [0.29, 0.717) is 23.1 Å². The number of hydrogen-bond acceptors (Lipinski definition) is 0. The second-order valence-corrected chi connectivity index (χ2v) is 7.91. The molecule has 0 aromatic heterocycles. The fourth-order valence-electron chi connectivity index (χ4n) is 4.29. The fraction of sp³-hybridized carbons (Fsp3) is 0.308. The SMILES string of the molecule is CCCCCCCc1ccc2c(c1)Cc1c-2cc(F)c(-c2ccc(F)cc2)c1F. The van der Waals surface area contributed by atoms with Crippen molar-refractivity contribution in [3.8, 4) is 22.3 Å². The third-order valence-electron chi connectivity index (χ3n) is 5.85. The smallest absolute Gasteiger partial charge is 0.138 e. The van der Waals surface area contributed by atoms with Crippen LogP contribution in [0.25, 0.3) is 22.3 Å². The van der Waals surface area contributed by atoms with Crippen LogP contribution >= 0.6 is 0 Å². The molecular weight excluding hydrogens is 369 g/mol. The summed E-state index contributed by atoms with van der Waals surface area (Å²) in [7, 11) is 0. The standard InChI is InChI=1S/C26H25F3/c1-2-3-4-5-6-7-17-8-13-21-19(14-17)15-23-22(21)16-24(28)25(26(23)29)18-9-11-20(27)12-10-18/h8-14,16H,2-7,15H2,1H3. The van der Waals surface area contributed by atoms with Crippen LogP contribution in [0.15, 0.2) is 48.5 Å². The van der Waals surface area contributed by atoms with Gasteiger partial charge in [0, 0.05) is 12.0 Å². The molecule has 1 aliphatic carbocycles. The molecule has 0 saturated carbocycles. The highest BCUT2D eigenvalue weighted by Gasteiger charge is 2.27. The summed E-state index contributed by atoms with van der Waals surface area (Å²) in [4.78, 5) is 0. The molecule has 150 valence electrons. The zero-order chi connectivity index (χ0) is 20.4. The van der Waals surface area contributed by atoms with Gasteiger partial charge >= 0.3 is 0 Å². The van der Waals surface area contributed by atoms with Gasteiger partial charge in [-0.15, -0.1) is 0 Å². The minimum Gasteiger partial charge on any atom is -0.207 e. The van der Waals surface area contributed by atoms with Crippen LogP contribution in [0.3, 0.4) is 0 Å². The number of aryl methyl sites for hydroxylation is 1. The minimum absolute atomic E-state index is 0.0762. The van der Waals surface area contributed by atoms with Crippen molar-refractivity contribution in [1.29, 1.82) is 0 Å². The minimum atomic E-state index is -0.610. The third kappa shape index (κ3) is 3.96. The van der Waals surface area contributed by atoms with E-state index in [0.717, 1.165) is 24.0 Å². The molecule has 0 N–H and O–H groups in total. The van der Waals surface area contributed by atoms with Gasteiger partial charge in [0.25, 0.3) is 0 Å². The molecular formula is C26H25F3. The Kier molecular flexibility index (Phi) is 5.75. The summed E-state index contributed by atoms with van der Waals surface area (Å²) >= 11 is 0. The Bertz CT molecular complexity index is 1020. The first-order chi connectivity index (χ1) is 14.1. The van der Waals surface area contributed by atoms with Crippen LogP contribution < -0.4 is 0 Å². The summed E-state index contributed by atoms with van der Waals surface area (Å²) < 4.78 is 43.3. The highest BCUT2D eigenvalue weighted by atomic mass is 19.1. The molecule has 0 unspecified atom stereocenters. The van der Waals surface area contributed by atoms with Crippen molar-refractivity contribution < 1.29 is 13.2 Å². The number of rotatable bonds is 7. The average Bonchev–Trinajstić information content (AvgIpc) is 3.07. The van der Waals surface area contributed by atoms with E-state index in [4.69, 9.17) is 0 Å². The van der Waals surface area contributed by atoms with Crippen LogP contribution in [0.2, 0.25) is 0 Å². The molecule has 0 bridgehead atoms. The van der Waals surface area contributed by atoms with E-state index in [1.165, 1.54) is 61.6 Å². The maximum atomic E-state index is 15.3. The molecule has 4 rings (SSSR count).